The molecule has 0 unspecified atom stereocenters. The van der Waals surface area contributed by atoms with Gasteiger partial charge < -0.3 is 24.4 Å². The van der Waals surface area contributed by atoms with E-state index in [4.69, 9.17) is 24.4 Å². The summed E-state index contributed by atoms with van der Waals surface area (Å²) in [5.41, 5.74) is 0.345. The molecule has 0 aliphatic carbocycles. The number of carboxylic acids is 2. The summed E-state index contributed by atoms with van der Waals surface area (Å²) < 4.78 is 15.6. The molecule has 0 aliphatic rings. The second kappa shape index (κ2) is 7.81. The second-order valence-electron chi connectivity index (χ2n) is 4.39. The molecular weight excluding hydrogens is 304 g/mol. The van der Waals surface area contributed by atoms with Crippen LogP contribution >= 0.6 is 0 Å². The third-order valence-corrected chi connectivity index (χ3v) is 2.82. The summed E-state index contributed by atoms with van der Waals surface area (Å²) in [5.74, 6) is -1.06. The molecule has 0 saturated heterocycles. The van der Waals surface area contributed by atoms with Gasteiger partial charge in [0.05, 0.1) is 11.1 Å². The molecule has 7 nitrogen and oxygen atoms in total. The lowest BCUT2D eigenvalue weighted by atomic mass is 10.2. The molecule has 0 atom stereocenters. The van der Waals surface area contributed by atoms with E-state index in [9.17, 15) is 9.59 Å². The lowest BCUT2D eigenvalue weighted by Crippen LogP contribution is -2.09. The van der Waals surface area contributed by atoms with E-state index >= 15 is 0 Å². The molecule has 0 radical (unpaired) electrons. The Morgan fingerprint density at radius 3 is 1.35 bits per heavy atom. The van der Waals surface area contributed by atoms with E-state index in [2.05, 4.69) is 0 Å². The number of carbonyl (C=O) groups is 2. The molecule has 23 heavy (non-hydrogen) atoms. The summed E-state index contributed by atoms with van der Waals surface area (Å²) in [6, 6.07) is 11.8. The van der Waals surface area contributed by atoms with Crippen molar-refractivity contribution in [3.05, 3.63) is 59.7 Å². The predicted molar refractivity (Wildman–Crippen MR) is 78.9 cm³/mol. The van der Waals surface area contributed by atoms with E-state index in [1.165, 1.54) is 48.5 Å². The number of hydrogen-bond donors (Lipinski definition) is 2. The number of benzene rings is 2. The molecule has 2 aromatic carbocycles. The molecule has 0 aromatic heterocycles. The summed E-state index contributed by atoms with van der Waals surface area (Å²) in [6.07, 6.45) is 0. The number of carboxylic acid groups (broad SMARTS) is 2. The lowest BCUT2D eigenvalue weighted by Gasteiger charge is -2.09. The molecular formula is C16H14O7. The Morgan fingerprint density at radius 1 is 0.696 bits per heavy atom. The summed E-state index contributed by atoms with van der Waals surface area (Å²) in [6.45, 7) is -0.140. The van der Waals surface area contributed by atoms with E-state index in [0.29, 0.717) is 11.5 Å². The van der Waals surface area contributed by atoms with Crippen LogP contribution in [0.3, 0.4) is 0 Å². The Morgan fingerprint density at radius 2 is 1.04 bits per heavy atom. The highest BCUT2D eigenvalue weighted by atomic mass is 16.7. The van der Waals surface area contributed by atoms with Crippen LogP contribution in [0.15, 0.2) is 48.5 Å². The van der Waals surface area contributed by atoms with Crippen LogP contribution in [0.5, 0.6) is 11.5 Å². The predicted octanol–water partition coefficient (Wildman–Crippen LogP) is 2.47. The van der Waals surface area contributed by atoms with Crippen LogP contribution in [-0.2, 0) is 4.74 Å². The van der Waals surface area contributed by atoms with Gasteiger partial charge >= 0.3 is 11.9 Å². The number of rotatable bonds is 8. The minimum atomic E-state index is -1.00. The van der Waals surface area contributed by atoms with Crippen LogP contribution in [-0.4, -0.2) is 35.7 Å². The Kier molecular flexibility index (Phi) is 5.54. The van der Waals surface area contributed by atoms with Crippen LogP contribution in [0.2, 0.25) is 0 Å². The molecule has 2 rings (SSSR count). The molecule has 0 heterocycles. The first-order chi connectivity index (χ1) is 11.1. The van der Waals surface area contributed by atoms with Crippen LogP contribution in [0, 0.1) is 0 Å². The van der Waals surface area contributed by atoms with E-state index in [1.807, 2.05) is 0 Å². The Balaban J connectivity index is 1.69. The van der Waals surface area contributed by atoms with Gasteiger partial charge in [-0.25, -0.2) is 9.59 Å². The SMILES string of the molecule is O=C(O)c1ccc(OCOCOc2ccc(C(=O)O)cc2)cc1. The normalized spacial score (nSPS) is 10.1. The maximum Gasteiger partial charge on any atom is 0.335 e. The van der Waals surface area contributed by atoms with Gasteiger partial charge in [0, 0.05) is 0 Å². The van der Waals surface area contributed by atoms with E-state index in [0.717, 1.165) is 0 Å². The second-order valence-corrected chi connectivity index (χ2v) is 4.39. The fourth-order valence-electron chi connectivity index (χ4n) is 1.64. The summed E-state index contributed by atoms with van der Waals surface area (Å²) in [4.78, 5) is 21.4. The van der Waals surface area contributed by atoms with E-state index in [1.54, 1.807) is 0 Å². The monoisotopic (exact) mass is 318 g/mol. The number of hydrogen-bond acceptors (Lipinski definition) is 5. The summed E-state index contributed by atoms with van der Waals surface area (Å²) in [7, 11) is 0. The maximum atomic E-state index is 10.7. The van der Waals surface area contributed by atoms with Gasteiger partial charge in [-0.3, -0.25) is 0 Å². The van der Waals surface area contributed by atoms with Crippen LogP contribution < -0.4 is 9.47 Å². The molecule has 0 bridgehead atoms. The molecule has 0 saturated carbocycles. The first-order valence-electron chi connectivity index (χ1n) is 6.56. The number of aromatic carboxylic acids is 2. The van der Waals surface area contributed by atoms with Gasteiger partial charge in [-0.15, -0.1) is 0 Å². The highest BCUT2D eigenvalue weighted by Gasteiger charge is 2.03. The highest BCUT2D eigenvalue weighted by molar-refractivity contribution is 5.88. The van der Waals surface area contributed by atoms with Crippen molar-refractivity contribution in [3.8, 4) is 11.5 Å². The molecule has 0 spiro atoms. The van der Waals surface area contributed by atoms with Crippen molar-refractivity contribution in [3.63, 3.8) is 0 Å². The van der Waals surface area contributed by atoms with E-state index in [-0.39, 0.29) is 24.7 Å². The Bertz CT molecular complexity index is 602. The zero-order valence-electron chi connectivity index (χ0n) is 12.0. The molecule has 0 fully saturated rings. The van der Waals surface area contributed by atoms with E-state index < -0.39 is 11.9 Å². The fourth-order valence-corrected chi connectivity index (χ4v) is 1.64. The molecule has 0 amide bonds. The average molecular weight is 318 g/mol. The number of ether oxygens (including phenoxy) is 3. The Hall–Kier alpha value is -3.06. The molecule has 7 heteroatoms. The smallest absolute Gasteiger partial charge is 0.335 e. The average Bonchev–Trinajstić information content (AvgIpc) is 2.55. The van der Waals surface area contributed by atoms with Crippen molar-refractivity contribution < 1.29 is 34.0 Å². The van der Waals surface area contributed by atoms with Crippen molar-refractivity contribution in [1.82, 2.24) is 0 Å². The zero-order chi connectivity index (χ0) is 16.7. The van der Waals surface area contributed by atoms with Crippen molar-refractivity contribution >= 4 is 11.9 Å². The first-order valence-corrected chi connectivity index (χ1v) is 6.56. The maximum absolute atomic E-state index is 10.7. The quantitative estimate of drug-likeness (QED) is 0.569. The Labute approximate surface area is 131 Å². The molecule has 2 N–H and O–H groups in total. The molecule has 120 valence electrons. The summed E-state index contributed by atoms with van der Waals surface area (Å²) >= 11 is 0. The molecule has 2 aromatic rings. The van der Waals surface area contributed by atoms with Gasteiger partial charge in [-0.05, 0) is 48.5 Å². The zero-order valence-corrected chi connectivity index (χ0v) is 12.0. The standard InChI is InChI=1S/C16H14O7/c17-15(18)11-1-5-13(6-2-11)22-9-21-10-23-14-7-3-12(4-8-14)16(19)20/h1-8H,9-10H2,(H,17,18)(H,19,20). The van der Waals surface area contributed by atoms with Crippen molar-refractivity contribution in [2.75, 3.05) is 13.6 Å². The fraction of sp³-hybridized carbons (Fsp3) is 0.125. The minimum Gasteiger partial charge on any atom is -0.478 e. The first kappa shape index (κ1) is 16.3. The van der Waals surface area contributed by atoms with Crippen molar-refractivity contribution in [1.29, 1.82) is 0 Å². The van der Waals surface area contributed by atoms with Gasteiger partial charge in [-0.2, -0.15) is 0 Å². The topological polar surface area (TPSA) is 102 Å². The van der Waals surface area contributed by atoms with Crippen LogP contribution in [0.25, 0.3) is 0 Å². The van der Waals surface area contributed by atoms with Gasteiger partial charge in [0.15, 0.2) is 13.6 Å². The minimum absolute atomic E-state index is 0.0698. The third kappa shape index (κ3) is 5.01. The van der Waals surface area contributed by atoms with Crippen molar-refractivity contribution in [2.45, 2.75) is 0 Å². The largest absolute Gasteiger partial charge is 0.478 e. The molecule has 0 aliphatic heterocycles. The highest BCUT2D eigenvalue weighted by Crippen LogP contribution is 2.13. The van der Waals surface area contributed by atoms with Crippen molar-refractivity contribution in [2.24, 2.45) is 0 Å². The third-order valence-electron chi connectivity index (χ3n) is 2.82. The van der Waals surface area contributed by atoms with Gasteiger partial charge in [0.25, 0.3) is 0 Å². The van der Waals surface area contributed by atoms with Gasteiger partial charge in [0.1, 0.15) is 11.5 Å². The van der Waals surface area contributed by atoms with Gasteiger partial charge in [-0.1, -0.05) is 0 Å². The van der Waals surface area contributed by atoms with Crippen LogP contribution in [0.4, 0.5) is 0 Å². The van der Waals surface area contributed by atoms with Gasteiger partial charge in [0.2, 0.25) is 0 Å². The lowest BCUT2D eigenvalue weighted by molar-refractivity contribution is -0.0536. The summed E-state index contributed by atoms with van der Waals surface area (Å²) in [5, 5.41) is 17.5. The van der Waals surface area contributed by atoms with Crippen LogP contribution in [0.1, 0.15) is 20.7 Å².